The smallest absolute Gasteiger partial charge is 0.355 e. The van der Waals surface area contributed by atoms with Crippen LogP contribution >= 0.6 is 0 Å². The topological polar surface area (TPSA) is 101 Å². The summed E-state index contributed by atoms with van der Waals surface area (Å²) in [6.07, 6.45) is -1.95. The molecule has 0 bridgehead atoms. The van der Waals surface area contributed by atoms with E-state index in [9.17, 15) is 5.11 Å². The van der Waals surface area contributed by atoms with Crippen molar-refractivity contribution in [3.8, 4) is 0 Å². The van der Waals surface area contributed by atoms with Gasteiger partial charge in [0.2, 0.25) is 0 Å². The van der Waals surface area contributed by atoms with Crippen molar-refractivity contribution in [1.82, 2.24) is 0 Å². The third-order valence-electron chi connectivity index (χ3n) is 0.291. The third kappa shape index (κ3) is 2.49. The highest BCUT2D eigenvalue weighted by atomic mass is 16.7. The van der Waals surface area contributed by atoms with Crippen LogP contribution in [0.25, 0.3) is 0 Å². The van der Waals surface area contributed by atoms with E-state index in [4.69, 9.17) is 20.4 Å². The molecule has 0 aliphatic carbocycles. The summed E-state index contributed by atoms with van der Waals surface area (Å²) in [5.74, 6) is -3.72. The summed E-state index contributed by atoms with van der Waals surface area (Å²) in [5, 5.41) is 39.6. The fourth-order valence-corrected chi connectivity index (χ4v) is 0. The molecule has 5 nitrogen and oxygen atoms in total. The maximum absolute atomic E-state index is 9.38. The van der Waals surface area contributed by atoms with Gasteiger partial charge in [-0.2, -0.15) is 5.11 Å². The summed E-state index contributed by atoms with van der Waals surface area (Å²) < 4.78 is 0. The van der Waals surface area contributed by atoms with E-state index in [0.717, 1.165) is 0 Å². The molecule has 0 amide bonds. The van der Waals surface area contributed by atoms with Crippen molar-refractivity contribution in [2.75, 3.05) is 0 Å². The summed E-state index contributed by atoms with van der Waals surface area (Å²) in [6.45, 7) is 0. The second kappa shape index (κ2) is 1.73. The maximum Gasteiger partial charge on any atom is 0.369 e. The van der Waals surface area contributed by atoms with Gasteiger partial charge >= 0.3 is 12.3 Å². The lowest BCUT2D eigenvalue weighted by atomic mass is 10.5. The van der Waals surface area contributed by atoms with E-state index in [2.05, 4.69) is 0 Å². The molecule has 42 valence electrons. The van der Waals surface area contributed by atoms with E-state index in [1.165, 1.54) is 0 Å². The Morgan fingerprint density at radius 1 is 1.29 bits per heavy atom. The lowest BCUT2D eigenvalue weighted by Gasteiger charge is -2.09. The van der Waals surface area contributed by atoms with E-state index < -0.39 is 12.3 Å². The van der Waals surface area contributed by atoms with Crippen LogP contribution in [0.2, 0.25) is 0 Å². The van der Waals surface area contributed by atoms with Crippen molar-refractivity contribution in [2.45, 2.75) is 5.97 Å². The van der Waals surface area contributed by atoms with Crippen LogP contribution in [0.15, 0.2) is 0 Å². The zero-order chi connectivity index (χ0) is 6.08. The first kappa shape index (κ1) is 6.80. The van der Waals surface area contributed by atoms with Gasteiger partial charge in [0.25, 0.3) is 0 Å². The number of rotatable bonds is 1. The van der Waals surface area contributed by atoms with Crippen LogP contribution in [-0.2, 0) is 5.11 Å². The monoisotopic (exact) mass is 108 g/mol. The Kier molecular flexibility index (Phi) is 1.68. The van der Waals surface area contributed by atoms with Gasteiger partial charge in [-0.3, -0.25) is 0 Å². The van der Waals surface area contributed by atoms with Gasteiger partial charge in [0, 0.05) is 0 Å². The number of aliphatic hydroxyl groups is 4. The van der Waals surface area contributed by atoms with E-state index in [0.29, 0.717) is 0 Å². The molecule has 0 heterocycles. The molecule has 0 spiro atoms. The zero-order valence-electron chi connectivity index (χ0n) is 3.20. The molecule has 0 atom stereocenters. The molecule has 0 rings (SSSR count). The SMILES string of the molecule is [O]C(O)(O)[C](O)O. The van der Waals surface area contributed by atoms with Gasteiger partial charge < -0.3 is 20.4 Å². The van der Waals surface area contributed by atoms with Crippen molar-refractivity contribution < 1.29 is 25.5 Å². The number of hydrogen-bond acceptors (Lipinski definition) is 4. The molecule has 0 fully saturated rings. The average molecular weight is 108 g/mol. The Morgan fingerprint density at radius 3 is 1.43 bits per heavy atom. The first-order valence-corrected chi connectivity index (χ1v) is 1.35. The molecular weight excluding hydrogens is 104 g/mol. The molecule has 7 heavy (non-hydrogen) atoms. The van der Waals surface area contributed by atoms with Gasteiger partial charge in [0.15, 0.2) is 0 Å². The Hall–Kier alpha value is -0.200. The Bertz CT molecular complexity index is 51.6. The molecule has 5 heteroatoms. The summed E-state index contributed by atoms with van der Waals surface area (Å²) in [5.41, 5.74) is 0. The lowest BCUT2D eigenvalue weighted by molar-refractivity contribution is -0.378. The normalized spacial score (nSPS) is 12.9. The summed E-state index contributed by atoms with van der Waals surface area (Å²) in [6, 6.07) is 0. The van der Waals surface area contributed by atoms with Crippen molar-refractivity contribution >= 4 is 0 Å². The van der Waals surface area contributed by atoms with Gasteiger partial charge in [0.1, 0.15) is 0 Å². The highest BCUT2D eigenvalue weighted by Gasteiger charge is 2.32. The lowest BCUT2D eigenvalue weighted by Crippen LogP contribution is -2.33. The number of hydrogen-bond donors (Lipinski definition) is 4. The van der Waals surface area contributed by atoms with Crippen molar-refractivity contribution in [2.24, 2.45) is 0 Å². The van der Waals surface area contributed by atoms with Crippen molar-refractivity contribution in [3.05, 3.63) is 6.29 Å². The minimum absolute atomic E-state index is 1.95. The van der Waals surface area contributed by atoms with Crippen molar-refractivity contribution in [1.29, 1.82) is 0 Å². The minimum Gasteiger partial charge on any atom is -0.355 e. The molecule has 4 N–H and O–H groups in total. The van der Waals surface area contributed by atoms with Crippen LogP contribution in [-0.4, -0.2) is 26.4 Å². The standard InChI is InChI=1S/C2H4O5/c3-1(4)2(5,6)7/h3-6H. The molecule has 0 aliphatic rings. The summed E-state index contributed by atoms with van der Waals surface area (Å²) >= 11 is 0. The quantitative estimate of drug-likeness (QED) is 0.300. The van der Waals surface area contributed by atoms with Crippen molar-refractivity contribution in [3.63, 3.8) is 0 Å². The molecule has 0 unspecified atom stereocenters. The Balaban J connectivity index is 3.54. The van der Waals surface area contributed by atoms with Gasteiger partial charge in [-0.15, -0.1) is 0 Å². The second-order valence-electron chi connectivity index (χ2n) is 0.932. The average Bonchev–Trinajstić information content (AvgIpc) is 1.31. The van der Waals surface area contributed by atoms with Gasteiger partial charge in [-0.25, -0.2) is 0 Å². The highest BCUT2D eigenvalue weighted by Crippen LogP contribution is 2.04. The molecule has 0 aromatic carbocycles. The molecule has 0 saturated carbocycles. The molecule has 0 aromatic heterocycles. The largest absolute Gasteiger partial charge is 0.369 e. The van der Waals surface area contributed by atoms with E-state index in [1.807, 2.05) is 0 Å². The van der Waals surface area contributed by atoms with Crippen LogP contribution in [0.5, 0.6) is 0 Å². The third-order valence-corrected chi connectivity index (χ3v) is 0.291. The van der Waals surface area contributed by atoms with Gasteiger partial charge in [0.05, 0.1) is 0 Å². The van der Waals surface area contributed by atoms with Crippen LogP contribution in [0.1, 0.15) is 0 Å². The Morgan fingerprint density at radius 2 is 1.43 bits per heavy atom. The Labute approximate surface area is 39.1 Å². The number of aliphatic hydroxyl groups excluding tert-OH is 1. The minimum atomic E-state index is -3.72. The van der Waals surface area contributed by atoms with Gasteiger partial charge in [-0.05, 0) is 0 Å². The molecule has 2 radical (unpaired) electrons. The second-order valence-corrected chi connectivity index (χ2v) is 0.932. The van der Waals surface area contributed by atoms with E-state index >= 15 is 0 Å². The zero-order valence-corrected chi connectivity index (χ0v) is 3.20. The summed E-state index contributed by atoms with van der Waals surface area (Å²) in [4.78, 5) is 0. The van der Waals surface area contributed by atoms with E-state index in [1.54, 1.807) is 0 Å². The molecule has 0 saturated heterocycles. The first-order valence-electron chi connectivity index (χ1n) is 1.35. The van der Waals surface area contributed by atoms with Crippen LogP contribution in [0, 0.1) is 6.29 Å². The van der Waals surface area contributed by atoms with E-state index in [-0.39, 0.29) is 0 Å². The molecular formula is C2H4O5. The van der Waals surface area contributed by atoms with Crippen LogP contribution in [0.4, 0.5) is 0 Å². The fourth-order valence-electron chi connectivity index (χ4n) is 0. The van der Waals surface area contributed by atoms with Gasteiger partial charge in [-0.1, -0.05) is 0 Å². The summed E-state index contributed by atoms with van der Waals surface area (Å²) in [7, 11) is 0. The molecule has 0 aromatic rings. The maximum atomic E-state index is 9.38. The predicted molar refractivity (Wildman–Crippen MR) is 15.0 cm³/mol. The van der Waals surface area contributed by atoms with Crippen LogP contribution < -0.4 is 0 Å². The molecule has 0 aliphatic heterocycles. The first-order chi connectivity index (χ1) is 2.94. The van der Waals surface area contributed by atoms with Crippen LogP contribution in [0.3, 0.4) is 0 Å². The highest BCUT2D eigenvalue weighted by molar-refractivity contribution is 4.65. The fraction of sp³-hybridized carbons (Fsp3) is 0.500. The predicted octanol–water partition coefficient (Wildman–Crippen LogP) is -1.71.